The van der Waals surface area contributed by atoms with E-state index in [1.165, 1.54) is 0 Å². The molecule has 12 heteroatoms. The van der Waals surface area contributed by atoms with Gasteiger partial charge < -0.3 is 10.2 Å². The topological polar surface area (TPSA) is 115 Å². The molecule has 6 rings (SSSR count). The van der Waals surface area contributed by atoms with Gasteiger partial charge in [0.05, 0.1) is 28.3 Å². The average Bonchev–Trinajstić information content (AvgIpc) is 3.59. The van der Waals surface area contributed by atoms with Gasteiger partial charge in [-0.25, -0.2) is 15.0 Å². The van der Waals surface area contributed by atoms with E-state index in [1.807, 2.05) is 41.7 Å². The van der Waals surface area contributed by atoms with E-state index in [9.17, 15) is 9.59 Å². The number of anilines is 1. The van der Waals surface area contributed by atoms with Gasteiger partial charge in [-0.2, -0.15) is 0 Å². The number of hydrogen-bond acceptors (Lipinski definition) is 7. The van der Waals surface area contributed by atoms with Crippen molar-refractivity contribution in [2.75, 3.05) is 18.4 Å². The minimum Gasteiger partial charge on any atom is -0.377 e. The molecular formula is C29H32ClN9O2. The molecule has 1 unspecified atom stereocenters. The molecule has 1 N–H and O–H groups in total. The zero-order valence-electron chi connectivity index (χ0n) is 23.7. The molecule has 1 amide bonds. The fourth-order valence-electron chi connectivity index (χ4n) is 5.94. The fraction of sp³-hybridized carbons (Fsp3) is 0.379. The third kappa shape index (κ3) is 4.73. The van der Waals surface area contributed by atoms with Crippen molar-refractivity contribution >= 4 is 39.7 Å². The van der Waals surface area contributed by atoms with Gasteiger partial charge in [0.2, 0.25) is 11.7 Å². The number of nitrogens with one attached hydrogen (secondary N) is 1. The monoisotopic (exact) mass is 573 g/mol. The number of piperidine rings is 1. The van der Waals surface area contributed by atoms with Gasteiger partial charge in [0, 0.05) is 40.0 Å². The van der Waals surface area contributed by atoms with Gasteiger partial charge in [0.1, 0.15) is 29.1 Å². The standard InChI is InChI=1S/C29H32ClN9O2/c1-16-12-20(17(2)33-22-6-7-23(30)34-25(22)27-32-14-36(4)35-27)26-21(13-16)29(41)37(5)28-24(31-15-39(26)28)19-8-10-38(11-9-19)18(3)40/h6-7,12-15,17,19,33H,8-11H2,1-5H3. The summed E-state index contributed by atoms with van der Waals surface area (Å²) in [4.78, 5) is 41.2. The molecule has 0 bridgehead atoms. The molecule has 11 nitrogen and oxygen atoms in total. The second-order valence-corrected chi connectivity index (χ2v) is 11.2. The Kier molecular flexibility index (Phi) is 6.77. The predicted molar refractivity (Wildman–Crippen MR) is 158 cm³/mol. The number of nitrogens with zero attached hydrogens (tertiary/aromatic N) is 8. The van der Waals surface area contributed by atoms with Crippen LogP contribution < -0.4 is 10.9 Å². The van der Waals surface area contributed by atoms with Crippen LogP contribution in [0.4, 0.5) is 5.69 Å². The molecule has 1 aliphatic rings. The number of imidazole rings is 1. The summed E-state index contributed by atoms with van der Waals surface area (Å²) in [6, 6.07) is 7.41. The number of amides is 1. The van der Waals surface area contributed by atoms with E-state index in [4.69, 9.17) is 16.6 Å². The number of carbonyl (C=O) groups is 1. The quantitative estimate of drug-likeness (QED) is 0.313. The second-order valence-electron chi connectivity index (χ2n) is 10.9. The molecule has 4 aromatic heterocycles. The number of pyridine rings is 1. The van der Waals surface area contributed by atoms with E-state index >= 15 is 0 Å². The maximum absolute atomic E-state index is 13.8. The zero-order valence-corrected chi connectivity index (χ0v) is 24.5. The summed E-state index contributed by atoms with van der Waals surface area (Å²) in [6.07, 6.45) is 5.06. The van der Waals surface area contributed by atoms with Gasteiger partial charge in [0.15, 0.2) is 0 Å². The van der Waals surface area contributed by atoms with Crippen LogP contribution in [0.1, 0.15) is 55.5 Å². The van der Waals surface area contributed by atoms with Crippen LogP contribution in [0.3, 0.4) is 0 Å². The van der Waals surface area contributed by atoms with Gasteiger partial charge in [-0.3, -0.25) is 23.2 Å². The summed E-state index contributed by atoms with van der Waals surface area (Å²) in [5.74, 6) is 0.720. The number of benzene rings is 1. The van der Waals surface area contributed by atoms with Crippen molar-refractivity contribution in [2.24, 2.45) is 14.1 Å². The highest BCUT2D eigenvalue weighted by Crippen LogP contribution is 2.34. The molecule has 0 saturated carbocycles. The second kappa shape index (κ2) is 10.3. The van der Waals surface area contributed by atoms with Gasteiger partial charge in [-0.05, 0) is 56.0 Å². The lowest BCUT2D eigenvalue weighted by Crippen LogP contribution is -2.36. The molecule has 0 aliphatic carbocycles. The van der Waals surface area contributed by atoms with Crippen molar-refractivity contribution in [3.8, 4) is 11.5 Å². The largest absolute Gasteiger partial charge is 0.377 e. The first-order valence-corrected chi connectivity index (χ1v) is 14.0. The van der Waals surface area contributed by atoms with Crippen molar-refractivity contribution in [1.82, 2.24) is 38.6 Å². The third-order valence-electron chi connectivity index (χ3n) is 7.99. The molecule has 1 aliphatic heterocycles. The molecule has 1 atom stereocenters. The third-order valence-corrected chi connectivity index (χ3v) is 8.20. The Labute approximate surface area is 241 Å². The van der Waals surface area contributed by atoms with Gasteiger partial charge in [-0.15, -0.1) is 5.10 Å². The molecule has 1 saturated heterocycles. The van der Waals surface area contributed by atoms with E-state index in [1.54, 1.807) is 35.6 Å². The molecule has 1 fully saturated rings. The summed E-state index contributed by atoms with van der Waals surface area (Å²) >= 11 is 6.25. The Hall–Kier alpha value is -4.25. The van der Waals surface area contributed by atoms with Crippen LogP contribution in [0.5, 0.6) is 0 Å². The van der Waals surface area contributed by atoms with Crippen molar-refractivity contribution < 1.29 is 4.79 Å². The van der Waals surface area contributed by atoms with E-state index in [-0.39, 0.29) is 23.4 Å². The number of fused-ring (bicyclic) bond motifs is 3. The van der Waals surface area contributed by atoms with E-state index in [2.05, 4.69) is 33.4 Å². The molecule has 0 spiro atoms. The summed E-state index contributed by atoms with van der Waals surface area (Å²) in [6.45, 7) is 7.03. The van der Waals surface area contributed by atoms with Crippen molar-refractivity contribution in [3.05, 3.63) is 69.2 Å². The zero-order chi connectivity index (χ0) is 29.0. The first kappa shape index (κ1) is 26.9. The number of aryl methyl sites for hydroxylation is 3. The molecule has 41 heavy (non-hydrogen) atoms. The lowest BCUT2D eigenvalue weighted by molar-refractivity contribution is -0.129. The normalized spacial score (nSPS) is 15.1. The lowest BCUT2D eigenvalue weighted by atomic mass is 9.93. The molecule has 1 aromatic carbocycles. The predicted octanol–water partition coefficient (Wildman–Crippen LogP) is 4.24. The summed E-state index contributed by atoms with van der Waals surface area (Å²) in [7, 11) is 3.61. The number of carbonyl (C=O) groups excluding carboxylic acids is 1. The summed E-state index contributed by atoms with van der Waals surface area (Å²) < 4.78 is 5.36. The number of rotatable bonds is 5. The van der Waals surface area contributed by atoms with Crippen LogP contribution in [0.15, 0.2) is 41.7 Å². The minimum atomic E-state index is -0.220. The Bertz CT molecular complexity index is 1860. The molecular weight excluding hydrogens is 542 g/mol. The van der Waals surface area contributed by atoms with Gasteiger partial charge in [-0.1, -0.05) is 17.7 Å². The van der Waals surface area contributed by atoms with E-state index < -0.39 is 0 Å². The number of likely N-dealkylation sites (tertiary alicyclic amines) is 1. The lowest BCUT2D eigenvalue weighted by Gasteiger charge is -2.30. The van der Waals surface area contributed by atoms with Gasteiger partial charge >= 0.3 is 0 Å². The Morgan fingerprint density at radius 1 is 1.12 bits per heavy atom. The van der Waals surface area contributed by atoms with Crippen molar-refractivity contribution in [3.63, 3.8) is 0 Å². The molecule has 5 heterocycles. The average molecular weight is 574 g/mol. The van der Waals surface area contributed by atoms with Crippen LogP contribution in [0.2, 0.25) is 5.15 Å². The highest BCUT2D eigenvalue weighted by atomic mass is 35.5. The molecule has 0 radical (unpaired) electrons. The summed E-state index contributed by atoms with van der Waals surface area (Å²) in [5, 5.41) is 8.96. The van der Waals surface area contributed by atoms with E-state index in [0.29, 0.717) is 35.1 Å². The Morgan fingerprint density at radius 2 is 1.88 bits per heavy atom. The number of halogens is 1. The van der Waals surface area contributed by atoms with Crippen LogP contribution >= 0.6 is 11.6 Å². The number of aromatic nitrogens is 7. The fourth-order valence-corrected chi connectivity index (χ4v) is 6.08. The number of hydrogen-bond donors (Lipinski definition) is 1. The van der Waals surface area contributed by atoms with Crippen molar-refractivity contribution in [2.45, 2.75) is 45.6 Å². The van der Waals surface area contributed by atoms with Crippen LogP contribution in [0, 0.1) is 6.92 Å². The van der Waals surface area contributed by atoms with E-state index in [0.717, 1.165) is 46.5 Å². The van der Waals surface area contributed by atoms with Gasteiger partial charge in [0.25, 0.3) is 5.56 Å². The van der Waals surface area contributed by atoms with Crippen LogP contribution in [-0.4, -0.2) is 57.6 Å². The molecule has 5 aromatic rings. The smallest absolute Gasteiger partial charge is 0.261 e. The Morgan fingerprint density at radius 3 is 2.56 bits per heavy atom. The first-order chi connectivity index (χ1) is 19.6. The maximum Gasteiger partial charge on any atom is 0.261 e. The van der Waals surface area contributed by atoms with Crippen molar-refractivity contribution in [1.29, 1.82) is 0 Å². The van der Waals surface area contributed by atoms with Crippen LogP contribution in [0.25, 0.3) is 28.1 Å². The SMILES string of the molecule is CC(=O)N1CCC(c2ncn3c4c(C(C)Nc5ccc(Cl)nc5-c5ncn(C)n5)cc(C)cc4c(=O)n(C)c23)CC1. The highest BCUT2D eigenvalue weighted by molar-refractivity contribution is 6.29. The maximum atomic E-state index is 13.8. The molecule has 212 valence electrons. The van der Waals surface area contributed by atoms with Crippen LogP contribution in [-0.2, 0) is 18.9 Å². The minimum absolute atomic E-state index is 0.0703. The summed E-state index contributed by atoms with van der Waals surface area (Å²) in [5.41, 5.74) is 5.63. The Balaban J connectivity index is 1.46. The first-order valence-electron chi connectivity index (χ1n) is 13.7. The highest BCUT2D eigenvalue weighted by Gasteiger charge is 2.28.